The second-order valence-corrected chi connectivity index (χ2v) is 3.80. The summed E-state index contributed by atoms with van der Waals surface area (Å²) >= 11 is 0. The lowest BCUT2D eigenvalue weighted by molar-refractivity contribution is 0.0953. The standard InChI is InChI=1S/C11H13N3O3/c1-13-11(16)9-8(17-6-2-3-6)5-4-7(14-9)10(12)15/h4-6H,2-3H2,1H3,(H2,12,15)(H,13,16). The van der Waals surface area contributed by atoms with Gasteiger partial charge in [0.25, 0.3) is 11.8 Å². The Morgan fingerprint density at radius 2 is 2.18 bits per heavy atom. The van der Waals surface area contributed by atoms with Crippen molar-refractivity contribution in [1.29, 1.82) is 0 Å². The van der Waals surface area contributed by atoms with Gasteiger partial charge in [-0.05, 0) is 25.0 Å². The fourth-order valence-electron chi connectivity index (χ4n) is 1.33. The number of nitrogens with zero attached hydrogens (tertiary/aromatic N) is 1. The van der Waals surface area contributed by atoms with E-state index in [-0.39, 0.29) is 17.5 Å². The smallest absolute Gasteiger partial charge is 0.273 e. The van der Waals surface area contributed by atoms with E-state index >= 15 is 0 Å². The summed E-state index contributed by atoms with van der Waals surface area (Å²) in [5.74, 6) is -0.686. The quantitative estimate of drug-likeness (QED) is 0.772. The first-order chi connectivity index (χ1) is 8.11. The molecule has 1 aromatic rings. The predicted octanol–water partition coefficient (Wildman–Crippen LogP) is 0.0813. The Labute approximate surface area is 98.2 Å². The van der Waals surface area contributed by atoms with Crippen LogP contribution in [0.3, 0.4) is 0 Å². The van der Waals surface area contributed by atoms with Crippen LogP contribution in [-0.2, 0) is 0 Å². The van der Waals surface area contributed by atoms with E-state index in [0.29, 0.717) is 5.75 Å². The van der Waals surface area contributed by atoms with E-state index in [1.54, 1.807) is 6.07 Å². The number of amides is 2. The summed E-state index contributed by atoms with van der Waals surface area (Å²) in [6.07, 6.45) is 2.11. The molecule has 0 bridgehead atoms. The first-order valence-corrected chi connectivity index (χ1v) is 5.31. The van der Waals surface area contributed by atoms with Gasteiger partial charge in [0.15, 0.2) is 11.4 Å². The van der Waals surface area contributed by atoms with Crippen LogP contribution < -0.4 is 15.8 Å². The number of carbonyl (C=O) groups excluding carboxylic acids is 2. The van der Waals surface area contributed by atoms with Crippen LogP contribution in [0.4, 0.5) is 0 Å². The van der Waals surface area contributed by atoms with Crippen molar-refractivity contribution >= 4 is 11.8 Å². The van der Waals surface area contributed by atoms with Gasteiger partial charge in [0, 0.05) is 7.05 Å². The van der Waals surface area contributed by atoms with Crippen molar-refractivity contribution < 1.29 is 14.3 Å². The fourth-order valence-corrected chi connectivity index (χ4v) is 1.33. The Kier molecular flexibility index (Phi) is 2.95. The van der Waals surface area contributed by atoms with Crippen molar-refractivity contribution in [3.05, 3.63) is 23.5 Å². The van der Waals surface area contributed by atoms with Crippen molar-refractivity contribution in [3.63, 3.8) is 0 Å². The molecule has 17 heavy (non-hydrogen) atoms. The third kappa shape index (κ3) is 2.52. The van der Waals surface area contributed by atoms with Crippen molar-refractivity contribution in [3.8, 4) is 5.75 Å². The summed E-state index contributed by atoms with van der Waals surface area (Å²) in [6.45, 7) is 0. The van der Waals surface area contributed by atoms with Gasteiger partial charge in [-0.1, -0.05) is 0 Å². The molecule has 0 unspecified atom stereocenters. The summed E-state index contributed by atoms with van der Waals surface area (Å²) in [5.41, 5.74) is 5.26. The highest BCUT2D eigenvalue weighted by atomic mass is 16.5. The van der Waals surface area contributed by atoms with Gasteiger partial charge < -0.3 is 15.8 Å². The molecule has 1 saturated carbocycles. The Morgan fingerprint density at radius 3 is 2.71 bits per heavy atom. The maximum absolute atomic E-state index is 11.6. The summed E-state index contributed by atoms with van der Waals surface area (Å²) in [5, 5.41) is 2.45. The van der Waals surface area contributed by atoms with E-state index in [1.165, 1.54) is 13.1 Å². The summed E-state index contributed by atoms with van der Waals surface area (Å²) < 4.78 is 5.54. The SMILES string of the molecule is CNC(=O)c1nc(C(N)=O)ccc1OC1CC1. The highest BCUT2D eigenvalue weighted by Gasteiger charge is 2.26. The molecule has 0 saturated heterocycles. The van der Waals surface area contributed by atoms with Crippen LogP contribution in [0.5, 0.6) is 5.75 Å². The Hall–Kier alpha value is -2.11. The number of carbonyl (C=O) groups is 2. The lowest BCUT2D eigenvalue weighted by atomic mass is 10.2. The van der Waals surface area contributed by atoms with E-state index in [9.17, 15) is 9.59 Å². The van der Waals surface area contributed by atoms with Gasteiger partial charge in [0.05, 0.1) is 6.10 Å². The molecule has 2 rings (SSSR count). The van der Waals surface area contributed by atoms with Gasteiger partial charge >= 0.3 is 0 Å². The Morgan fingerprint density at radius 1 is 1.47 bits per heavy atom. The molecule has 90 valence electrons. The Bertz CT molecular complexity index is 469. The monoisotopic (exact) mass is 235 g/mol. The maximum Gasteiger partial charge on any atom is 0.273 e. The molecule has 1 aromatic heterocycles. The first kappa shape index (κ1) is 11.4. The van der Waals surface area contributed by atoms with Crippen LogP contribution in [0.2, 0.25) is 0 Å². The number of ether oxygens (including phenoxy) is 1. The average molecular weight is 235 g/mol. The topological polar surface area (TPSA) is 94.3 Å². The maximum atomic E-state index is 11.6. The van der Waals surface area contributed by atoms with Gasteiger partial charge in [-0.25, -0.2) is 4.98 Å². The van der Waals surface area contributed by atoms with Crippen molar-refractivity contribution in [2.45, 2.75) is 18.9 Å². The van der Waals surface area contributed by atoms with Gasteiger partial charge in [-0.2, -0.15) is 0 Å². The molecule has 0 aliphatic heterocycles. The first-order valence-electron chi connectivity index (χ1n) is 5.31. The third-order valence-corrected chi connectivity index (χ3v) is 2.37. The molecule has 1 aliphatic rings. The molecule has 0 atom stereocenters. The van der Waals surface area contributed by atoms with Crippen molar-refractivity contribution in [2.24, 2.45) is 5.73 Å². The molecule has 6 heteroatoms. The third-order valence-electron chi connectivity index (χ3n) is 2.37. The molecule has 2 amide bonds. The lowest BCUT2D eigenvalue weighted by Crippen LogP contribution is -2.23. The minimum atomic E-state index is -0.673. The second-order valence-electron chi connectivity index (χ2n) is 3.80. The number of hydrogen-bond donors (Lipinski definition) is 2. The molecule has 1 fully saturated rings. The molecule has 0 aromatic carbocycles. The normalized spacial score (nSPS) is 14.2. The molecule has 1 heterocycles. The van der Waals surface area contributed by atoms with Gasteiger partial charge in [0.2, 0.25) is 0 Å². The number of nitrogens with two attached hydrogens (primary N) is 1. The van der Waals surface area contributed by atoms with Gasteiger partial charge in [-0.3, -0.25) is 9.59 Å². The second kappa shape index (κ2) is 4.40. The summed E-state index contributed by atoms with van der Waals surface area (Å²) in [7, 11) is 1.49. The van der Waals surface area contributed by atoms with E-state index in [4.69, 9.17) is 10.5 Å². The van der Waals surface area contributed by atoms with E-state index in [0.717, 1.165) is 12.8 Å². The van der Waals surface area contributed by atoms with Gasteiger partial charge in [-0.15, -0.1) is 0 Å². The van der Waals surface area contributed by atoms with Crippen LogP contribution in [-0.4, -0.2) is 29.9 Å². The molecule has 0 radical (unpaired) electrons. The molecule has 6 nitrogen and oxygen atoms in total. The zero-order valence-corrected chi connectivity index (χ0v) is 9.40. The minimum Gasteiger partial charge on any atom is -0.488 e. The van der Waals surface area contributed by atoms with E-state index in [1.807, 2.05) is 0 Å². The predicted molar refractivity (Wildman–Crippen MR) is 59.8 cm³/mol. The van der Waals surface area contributed by atoms with E-state index < -0.39 is 11.8 Å². The summed E-state index contributed by atoms with van der Waals surface area (Å²) in [4.78, 5) is 26.5. The van der Waals surface area contributed by atoms with Crippen molar-refractivity contribution in [2.75, 3.05) is 7.05 Å². The average Bonchev–Trinajstić information content (AvgIpc) is 3.12. The summed E-state index contributed by atoms with van der Waals surface area (Å²) in [6, 6.07) is 3.00. The minimum absolute atomic E-state index is 0.0479. The number of aromatic nitrogens is 1. The largest absolute Gasteiger partial charge is 0.488 e. The van der Waals surface area contributed by atoms with Crippen LogP contribution >= 0.6 is 0 Å². The van der Waals surface area contributed by atoms with Gasteiger partial charge in [0.1, 0.15) is 5.69 Å². The highest BCUT2D eigenvalue weighted by molar-refractivity contribution is 5.97. The number of hydrogen-bond acceptors (Lipinski definition) is 4. The number of pyridine rings is 1. The molecular formula is C11H13N3O3. The molecular weight excluding hydrogens is 222 g/mol. The highest BCUT2D eigenvalue weighted by Crippen LogP contribution is 2.28. The zero-order valence-electron chi connectivity index (χ0n) is 9.40. The fraction of sp³-hybridized carbons (Fsp3) is 0.364. The van der Waals surface area contributed by atoms with Crippen LogP contribution in [0.25, 0.3) is 0 Å². The van der Waals surface area contributed by atoms with Crippen molar-refractivity contribution in [1.82, 2.24) is 10.3 Å². The van der Waals surface area contributed by atoms with Crippen LogP contribution in [0.15, 0.2) is 12.1 Å². The molecule has 3 N–H and O–H groups in total. The number of rotatable bonds is 4. The zero-order chi connectivity index (χ0) is 12.4. The van der Waals surface area contributed by atoms with Crippen LogP contribution in [0.1, 0.15) is 33.8 Å². The lowest BCUT2D eigenvalue weighted by Gasteiger charge is -2.09. The number of primary amides is 1. The molecule has 0 spiro atoms. The Balaban J connectivity index is 2.35. The number of nitrogens with one attached hydrogen (secondary N) is 1. The van der Waals surface area contributed by atoms with E-state index in [2.05, 4.69) is 10.3 Å². The van der Waals surface area contributed by atoms with Crippen LogP contribution in [0, 0.1) is 0 Å². The molecule has 1 aliphatic carbocycles.